The second-order valence-electron chi connectivity index (χ2n) is 3.83. The zero-order valence-electron chi connectivity index (χ0n) is 10.00. The first kappa shape index (κ1) is 14.5. The van der Waals surface area contributed by atoms with E-state index in [1.165, 1.54) is 17.4 Å². The molecular weight excluding hydrogens is 348 g/mol. The number of hydrogen-bond acceptors (Lipinski definition) is 5. The van der Waals surface area contributed by atoms with Gasteiger partial charge in [0.05, 0.1) is 11.5 Å². The van der Waals surface area contributed by atoms with Crippen molar-refractivity contribution in [2.75, 3.05) is 0 Å². The minimum absolute atomic E-state index is 0.164. The third kappa shape index (κ3) is 3.14. The van der Waals surface area contributed by atoms with Crippen LogP contribution in [-0.4, -0.2) is 15.9 Å². The van der Waals surface area contributed by atoms with Crippen LogP contribution in [0.25, 0.3) is 0 Å². The predicted octanol–water partition coefficient (Wildman–Crippen LogP) is 3.05. The molecule has 0 fully saturated rings. The van der Waals surface area contributed by atoms with E-state index < -0.39 is 10.8 Å². The van der Waals surface area contributed by atoms with Crippen molar-refractivity contribution < 1.29 is 14.8 Å². The number of nitro benzene ring substituents is 1. The summed E-state index contributed by atoms with van der Waals surface area (Å²) in [6.45, 7) is 0.254. The topological polar surface area (TPSA) is 92.5 Å². The van der Waals surface area contributed by atoms with Gasteiger partial charge in [-0.25, -0.2) is 0 Å². The van der Waals surface area contributed by atoms with E-state index >= 15 is 0 Å². The minimum atomic E-state index is -0.657. The molecule has 0 aliphatic carbocycles. The molecule has 1 aromatic heterocycles. The van der Waals surface area contributed by atoms with E-state index in [-0.39, 0.29) is 23.5 Å². The van der Waals surface area contributed by atoms with E-state index in [4.69, 9.17) is 0 Å². The van der Waals surface area contributed by atoms with Crippen molar-refractivity contribution in [1.82, 2.24) is 5.32 Å². The molecule has 0 atom stereocenters. The molecule has 0 saturated heterocycles. The van der Waals surface area contributed by atoms with Crippen LogP contribution in [0, 0.1) is 10.1 Å². The number of hydrogen-bond donors (Lipinski definition) is 2. The Morgan fingerprint density at radius 3 is 2.80 bits per heavy atom. The number of benzene rings is 1. The maximum atomic E-state index is 12.0. The lowest BCUT2D eigenvalue weighted by molar-refractivity contribution is -0.385. The van der Waals surface area contributed by atoms with E-state index in [0.29, 0.717) is 0 Å². The van der Waals surface area contributed by atoms with Crippen LogP contribution >= 0.6 is 27.3 Å². The molecule has 6 nitrogen and oxygen atoms in total. The first-order chi connectivity index (χ1) is 9.49. The Bertz CT molecular complexity index is 671. The summed E-state index contributed by atoms with van der Waals surface area (Å²) in [6.07, 6.45) is 0. The molecule has 1 heterocycles. The zero-order valence-corrected chi connectivity index (χ0v) is 12.4. The quantitative estimate of drug-likeness (QED) is 0.650. The van der Waals surface area contributed by atoms with Crippen LogP contribution in [0.1, 0.15) is 15.2 Å². The van der Waals surface area contributed by atoms with Crippen molar-refractivity contribution in [2.24, 2.45) is 0 Å². The summed E-state index contributed by atoms with van der Waals surface area (Å²) in [6, 6.07) is 5.20. The molecule has 2 aromatic rings. The number of rotatable bonds is 4. The molecule has 0 unspecified atom stereocenters. The van der Waals surface area contributed by atoms with Crippen molar-refractivity contribution in [3.05, 3.63) is 54.7 Å². The Morgan fingerprint density at radius 2 is 2.20 bits per heavy atom. The fourth-order valence-electron chi connectivity index (χ4n) is 1.57. The van der Waals surface area contributed by atoms with Gasteiger partial charge in [-0.2, -0.15) is 0 Å². The second-order valence-corrected chi connectivity index (χ2v) is 5.69. The Kier molecular flexibility index (Phi) is 4.35. The molecule has 2 N–H and O–H groups in total. The Hall–Kier alpha value is -1.93. The highest BCUT2D eigenvalue weighted by molar-refractivity contribution is 9.10. The first-order valence-electron chi connectivity index (χ1n) is 5.46. The number of aromatic hydroxyl groups is 1. The third-order valence-corrected chi connectivity index (χ3v) is 4.45. The molecule has 1 aromatic carbocycles. The van der Waals surface area contributed by atoms with E-state index in [2.05, 4.69) is 21.2 Å². The van der Waals surface area contributed by atoms with Crippen LogP contribution < -0.4 is 5.32 Å². The highest BCUT2D eigenvalue weighted by Crippen LogP contribution is 2.25. The van der Waals surface area contributed by atoms with Gasteiger partial charge < -0.3 is 10.4 Å². The van der Waals surface area contributed by atoms with E-state index in [1.54, 1.807) is 0 Å². The van der Waals surface area contributed by atoms with Gasteiger partial charge in [0.15, 0.2) is 0 Å². The molecule has 1 amide bonds. The Balaban J connectivity index is 2.19. The summed E-state index contributed by atoms with van der Waals surface area (Å²) in [4.78, 5) is 23.1. The fraction of sp³-hybridized carbons (Fsp3) is 0.0833. The highest BCUT2D eigenvalue weighted by atomic mass is 79.9. The molecule has 0 saturated carbocycles. The normalized spacial score (nSPS) is 10.2. The molecule has 0 aliphatic rings. The van der Waals surface area contributed by atoms with E-state index in [1.807, 2.05) is 11.4 Å². The van der Waals surface area contributed by atoms with Crippen molar-refractivity contribution in [3.8, 4) is 5.75 Å². The number of phenolic OH excluding ortho intramolecular Hbond substituents is 1. The summed E-state index contributed by atoms with van der Waals surface area (Å²) in [7, 11) is 0. The number of nitrogens with one attached hydrogen (secondary N) is 1. The molecule has 0 bridgehead atoms. The van der Waals surface area contributed by atoms with Gasteiger partial charge in [0.1, 0.15) is 11.3 Å². The lowest BCUT2D eigenvalue weighted by Crippen LogP contribution is -2.23. The SMILES string of the molecule is O=C(NCc1sccc1Br)c1cc(O)ccc1[N+](=O)[O-]. The standard InChI is InChI=1S/C12H9BrN2O4S/c13-9-3-4-20-11(9)6-14-12(17)8-5-7(16)1-2-10(8)15(18)19/h1-5,16H,6H2,(H,14,17). The number of nitro groups is 1. The predicted molar refractivity (Wildman–Crippen MR) is 78.0 cm³/mol. The molecule has 0 radical (unpaired) electrons. The summed E-state index contributed by atoms with van der Waals surface area (Å²) < 4.78 is 0.869. The summed E-state index contributed by atoms with van der Waals surface area (Å²) in [5.41, 5.74) is -0.506. The van der Waals surface area contributed by atoms with Crippen LogP contribution in [-0.2, 0) is 6.54 Å². The van der Waals surface area contributed by atoms with Crippen molar-refractivity contribution in [2.45, 2.75) is 6.54 Å². The molecule has 0 spiro atoms. The van der Waals surface area contributed by atoms with Gasteiger partial charge in [-0.3, -0.25) is 14.9 Å². The summed E-state index contributed by atoms with van der Waals surface area (Å²) >= 11 is 4.79. The minimum Gasteiger partial charge on any atom is -0.508 e. The van der Waals surface area contributed by atoms with Gasteiger partial charge in [0, 0.05) is 15.4 Å². The van der Waals surface area contributed by atoms with Gasteiger partial charge in [-0.05, 0) is 39.5 Å². The number of amides is 1. The molecule has 20 heavy (non-hydrogen) atoms. The smallest absolute Gasteiger partial charge is 0.282 e. The lowest BCUT2D eigenvalue weighted by Gasteiger charge is -2.05. The average Bonchev–Trinajstić information content (AvgIpc) is 2.81. The number of carbonyl (C=O) groups is 1. The molecule has 8 heteroatoms. The molecule has 0 aliphatic heterocycles. The Labute approximate surface area is 126 Å². The number of nitrogens with zero attached hydrogens (tertiary/aromatic N) is 1. The van der Waals surface area contributed by atoms with Crippen LogP contribution in [0.4, 0.5) is 5.69 Å². The zero-order chi connectivity index (χ0) is 14.7. The van der Waals surface area contributed by atoms with E-state index in [9.17, 15) is 20.0 Å². The molecule has 104 valence electrons. The molecule has 2 rings (SSSR count). The largest absolute Gasteiger partial charge is 0.508 e. The van der Waals surface area contributed by atoms with E-state index in [0.717, 1.165) is 21.5 Å². The number of thiophene rings is 1. The Morgan fingerprint density at radius 1 is 1.45 bits per heavy atom. The van der Waals surface area contributed by atoms with Crippen molar-refractivity contribution >= 4 is 38.9 Å². The molecular formula is C12H9BrN2O4S. The average molecular weight is 357 g/mol. The van der Waals surface area contributed by atoms with Crippen molar-refractivity contribution in [1.29, 1.82) is 0 Å². The third-order valence-electron chi connectivity index (χ3n) is 2.52. The first-order valence-corrected chi connectivity index (χ1v) is 7.14. The van der Waals surface area contributed by atoms with Gasteiger partial charge in [0.2, 0.25) is 0 Å². The number of carbonyl (C=O) groups excluding carboxylic acids is 1. The fourth-order valence-corrected chi connectivity index (χ4v) is 3.00. The van der Waals surface area contributed by atoms with Crippen LogP contribution in [0.5, 0.6) is 5.75 Å². The summed E-state index contributed by atoms with van der Waals surface area (Å²) in [5.74, 6) is -0.800. The van der Waals surface area contributed by atoms with Gasteiger partial charge >= 0.3 is 0 Å². The number of phenols is 1. The van der Waals surface area contributed by atoms with Gasteiger partial charge in [-0.1, -0.05) is 0 Å². The van der Waals surface area contributed by atoms with Gasteiger partial charge in [-0.15, -0.1) is 11.3 Å². The maximum absolute atomic E-state index is 12.0. The van der Waals surface area contributed by atoms with Crippen LogP contribution in [0.15, 0.2) is 34.1 Å². The summed E-state index contributed by atoms with van der Waals surface area (Å²) in [5, 5.41) is 24.7. The monoisotopic (exact) mass is 356 g/mol. The van der Waals surface area contributed by atoms with Crippen LogP contribution in [0.2, 0.25) is 0 Å². The number of halogens is 1. The highest BCUT2D eigenvalue weighted by Gasteiger charge is 2.20. The van der Waals surface area contributed by atoms with Crippen molar-refractivity contribution in [3.63, 3.8) is 0 Å². The maximum Gasteiger partial charge on any atom is 0.282 e. The second kappa shape index (κ2) is 6.02. The lowest BCUT2D eigenvalue weighted by atomic mass is 10.1. The van der Waals surface area contributed by atoms with Crippen LogP contribution in [0.3, 0.4) is 0 Å². The van der Waals surface area contributed by atoms with Gasteiger partial charge in [0.25, 0.3) is 11.6 Å².